The van der Waals surface area contributed by atoms with Gasteiger partial charge in [0.05, 0.1) is 24.4 Å². The minimum absolute atomic E-state index is 0.0703. The van der Waals surface area contributed by atoms with Crippen LogP contribution in [0.2, 0.25) is 0 Å². The number of halogens is 3. The summed E-state index contributed by atoms with van der Waals surface area (Å²) in [6.07, 6.45) is 1.92. The molecule has 1 saturated heterocycles. The summed E-state index contributed by atoms with van der Waals surface area (Å²) >= 11 is 0. The summed E-state index contributed by atoms with van der Waals surface area (Å²) in [6, 6.07) is 0. The van der Waals surface area contributed by atoms with Gasteiger partial charge in [-0.25, -0.2) is 9.97 Å². The minimum atomic E-state index is -4.76. The highest BCUT2D eigenvalue weighted by Crippen LogP contribution is 2.59. The van der Waals surface area contributed by atoms with E-state index >= 15 is 0 Å². The molecule has 1 aliphatic heterocycles. The third-order valence-corrected chi connectivity index (χ3v) is 7.40. The van der Waals surface area contributed by atoms with Gasteiger partial charge in [-0.1, -0.05) is 0 Å². The number of carbonyl (C=O) groups excluding carboxylic acids is 1. The van der Waals surface area contributed by atoms with Crippen LogP contribution in [0.3, 0.4) is 0 Å². The molecule has 10 heteroatoms. The van der Waals surface area contributed by atoms with E-state index in [1.54, 1.807) is 7.11 Å². The number of aromatic nitrogens is 2. The predicted octanol–water partition coefficient (Wildman–Crippen LogP) is 3.12. The summed E-state index contributed by atoms with van der Waals surface area (Å²) in [6.45, 7) is 1.11. The number of amides is 1. The van der Waals surface area contributed by atoms with Crippen LogP contribution in [0.1, 0.15) is 54.6 Å². The molecule has 170 valence electrons. The molecule has 4 aliphatic carbocycles. The van der Waals surface area contributed by atoms with E-state index in [2.05, 4.69) is 15.3 Å². The Kier molecular flexibility index (Phi) is 4.93. The molecule has 6 rings (SSSR count). The normalized spacial score (nSPS) is 34.8. The lowest BCUT2D eigenvalue weighted by molar-refractivity contribution is -0.148. The summed E-state index contributed by atoms with van der Waals surface area (Å²) in [5, 5.41) is 3.26. The Morgan fingerprint density at radius 3 is 2.52 bits per heavy atom. The fraction of sp³-hybridized carbons (Fsp3) is 0.762. The van der Waals surface area contributed by atoms with Crippen molar-refractivity contribution in [2.45, 2.75) is 55.8 Å². The summed E-state index contributed by atoms with van der Waals surface area (Å²) < 4.78 is 52.6. The highest BCUT2D eigenvalue weighted by atomic mass is 19.4. The number of ether oxygens (including phenoxy) is 2. The Morgan fingerprint density at radius 2 is 1.90 bits per heavy atom. The maximum atomic E-state index is 13.8. The topological polar surface area (TPSA) is 76.6 Å². The van der Waals surface area contributed by atoms with Crippen molar-refractivity contribution < 1.29 is 27.4 Å². The molecule has 0 radical (unpaired) electrons. The highest BCUT2D eigenvalue weighted by Gasteiger charge is 2.58. The summed E-state index contributed by atoms with van der Waals surface area (Å²) in [5.41, 5.74) is -2.28. The number of anilines is 1. The van der Waals surface area contributed by atoms with Crippen LogP contribution >= 0.6 is 0 Å². The van der Waals surface area contributed by atoms with Gasteiger partial charge in [0.25, 0.3) is 5.91 Å². The first-order valence-corrected chi connectivity index (χ1v) is 10.9. The van der Waals surface area contributed by atoms with Crippen LogP contribution in [0, 0.1) is 11.8 Å². The lowest BCUT2D eigenvalue weighted by atomic mass is 9.51. The molecule has 5 aliphatic rings. The third-order valence-electron chi connectivity index (χ3n) is 7.40. The van der Waals surface area contributed by atoms with Crippen LogP contribution in [0.15, 0.2) is 6.20 Å². The van der Waals surface area contributed by atoms with Crippen LogP contribution in [0.4, 0.5) is 19.1 Å². The molecule has 1 aromatic heterocycles. The van der Waals surface area contributed by atoms with Crippen molar-refractivity contribution >= 4 is 11.9 Å². The van der Waals surface area contributed by atoms with Gasteiger partial charge in [0.2, 0.25) is 5.95 Å². The van der Waals surface area contributed by atoms with Gasteiger partial charge in [-0.2, -0.15) is 13.2 Å². The largest absolute Gasteiger partial charge is 0.434 e. The molecular weight excluding hydrogens is 413 g/mol. The average Bonchev–Trinajstić information content (AvgIpc) is 2.72. The first-order chi connectivity index (χ1) is 14.7. The van der Waals surface area contributed by atoms with Crippen LogP contribution in [0.5, 0.6) is 0 Å². The fourth-order valence-corrected chi connectivity index (χ4v) is 6.55. The first kappa shape index (κ1) is 20.9. The van der Waals surface area contributed by atoms with E-state index in [0.29, 0.717) is 25.0 Å². The van der Waals surface area contributed by atoms with E-state index < -0.39 is 23.3 Å². The maximum absolute atomic E-state index is 13.8. The molecule has 1 aromatic rings. The summed E-state index contributed by atoms with van der Waals surface area (Å²) in [5.74, 6) is 0.213. The van der Waals surface area contributed by atoms with Gasteiger partial charge in [-0.05, 0) is 50.4 Å². The number of rotatable bonds is 4. The first-order valence-electron chi connectivity index (χ1n) is 10.9. The lowest BCUT2D eigenvalue weighted by Gasteiger charge is -2.61. The quantitative estimate of drug-likeness (QED) is 0.776. The molecule has 4 saturated carbocycles. The minimum Gasteiger partial charge on any atom is -0.378 e. The molecule has 0 aromatic carbocycles. The monoisotopic (exact) mass is 440 g/mol. The molecule has 0 spiro atoms. The fourth-order valence-electron chi connectivity index (χ4n) is 6.55. The second kappa shape index (κ2) is 7.30. The van der Waals surface area contributed by atoms with Crippen LogP contribution < -0.4 is 5.32 Å². The standard InChI is InChI=1S/C21H27F3N4O3/c1-30-20-9-13-6-14(10-20)8-19(7-13,12-20)27-18-25-11-15(16(26-18)21(22,23)24)17(29)28-2-4-31-5-3-28/h11,13-14H,2-10,12H2,1H3,(H,25,26,27). The van der Waals surface area contributed by atoms with Gasteiger partial charge in [0.1, 0.15) is 0 Å². The van der Waals surface area contributed by atoms with Crippen molar-refractivity contribution in [3.63, 3.8) is 0 Å². The number of hydrogen-bond donors (Lipinski definition) is 1. The van der Waals surface area contributed by atoms with Crippen LogP contribution in [-0.4, -0.2) is 65.3 Å². The van der Waals surface area contributed by atoms with Crippen molar-refractivity contribution in [2.75, 3.05) is 38.7 Å². The van der Waals surface area contributed by atoms with Gasteiger partial charge in [-0.15, -0.1) is 0 Å². The smallest absolute Gasteiger partial charge is 0.378 e. The van der Waals surface area contributed by atoms with E-state index in [9.17, 15) is 18.0 Å². The van der Waals surface area contributed by atoms with E-state index in [0.717, 1.165) is 44.7 Å². The number of methoxy groups -OCH3 is 1. The van der Waals surface area contributed by atoms with E-state index in [-0.39, 0.29) is 30.2 Å². The molecule has 1 amide bonds. The molecule has 4 bridgehead atoms. The van der Waals surface area contributed by atoms with E-state index in [4.69, 9.17) is 9.47 Å². The number of carbonyl (C=O) groups is 1. The average molecular weight is 440 g/mol. The summed E-state index contributed by atoms with van der Waals surface area (Å²) in [7, 11) is 1.73. The maximum Gasteiger partial charge on any atom is 0.434 e. The van der Waals surface area contributed by atoms with Crippen molar-refractivity contribution in [3.05, 3.63) is 17.5 Å². The zero-order chi connectivity index (χ0) is 21.9. The van der Waals surface area contributed by atoms with E-state index in [1.807, 2.05) is 0 Å². The second-order valence-corrected chi connectivity index (χ2v) is 9.61. The van der Waals surface area contributed by atoms with Gasteiger partial charge in [0.15, 0.2) is 5.69 Å². The number of nitrogens with one attached hydrogen (secondary N) is 1. The molecule has 2 unspecified atom stereocenters. The predicted molar refractivity (Wildman–Crippen MR) is 105 cm³/mol. The van der Waals surface area contributed by atoms with Crippen molar-refractivity contribution in [2.24, 2.45) is 11.8 Å². The van der Waals surface area contributed by atoms with Gasteiger partial charge in [-0.3, -0.25) is 4.79 Å². The Morgan fingerprint density at radius 1 is 1.23 bits per heavy atom. The van der Waals surface area contributed by atoms with Crippen LogP contribution in [0.25, 0.3) is 0 Å². The molecular formula is C21H27F3N4O3. The SMILES string of the molecule is COC12CC3CC(CC(Nc4ncc(C(=O)N5CCOCC5)c(C(F)(F)F)n4)(C3)C1)C2. The second-order valence-electron chi connectivity index (χ2n) is 9.61. The summed E-state index contributed by atoms with van der Waals surface area (Å²) in [4.78, 5) is 22.0. The Balaban J connectivity index is 1.43. The number of nitrogens with zero attached hydrogens (tertiary/aromatic N) is 3. The van der Waals surface area contributed by atoms with Crippen molar-refractivity contribution in [1.82, 2.24) is 14.9 Å². The van der Waals surface area contributed by atoms with Crippen LogP contribution in [-0.2, 0) is 15.7 Å². The number of morpholine rings is 1. The Hall–Kier alpha value is -1.94. The van der Waals surface area contributed by atoms with Gasteiger partial charge < -0.3 is 19.7 Å². The van der Waals surface area contributed by atoms with E-state index in [1.165, 1.54) is 4.90 Å². The number of hydrogen-bond acceptors (Lipinski definition) is 6. The zero-order valence-corrected chi connectivity index (χ0v) is 17.5. The molecule has 2 heterocycles. The highest BCUT2D eigenvalue weighted by molar-refractivity contribution is 5.95. The van der Waals surface area contributed by atoms with Gasteiger partial charge >= 0.3 is 6.18 Å². The van der Waals surface area contributed by atoms with Crippen molar-refractivity contribution in [1.29, 1.82) is 0 Å². The lowest BCUT2D eigenvalue weighted by Crippen LogP contribution is -2.62. The molecule has 2 atom stereocenters. The molecule has 5 fully saturated rings. The molecule has 7 nitrogen and oxygen atoms in total. The molecule has 1 N–H and O–H groups in total. The third kappa shape index (κ3) is 3.77. The Bertz CT molecular complexity index is 858. The zero-order valence-electron chi connectivity index (χ0n) is 17.5. The molecule has 31 heavy (non-hydrogen) atoms. The van der Waals surface area contributed by atoms with Gasteiger partial charge in [0, 0.05) is 31.9 Å². The Labute approximate surface area is 178 Å². The van der Waals surface area contributed by atoms with Crippen molar-refractivity contribution in [3.8, 4) is 0 Å². The number of alkyl halides is 3.